The molecule has 2 rings (SSSR count). The lowest BCUT2D eigenvalue weighted by molar-refractivity contribution is -0.125. The fourth-order valence-corrected chi connectivity index (χ4v) is 2.58. The second-order valence-electron chi connectivity index (χ2n) is 5.25. The zero-order valence-electron chi connectivity index (χ0n) is 12.1. The fraction of sp³-hybridized carbons (Fsp3) is 0.267. The zero-order chi connectivity index (χ0) is 16.3. The molecule has 1 heterocycles. The predicted molar refractivity (Wildman–Crippen MR) is 80.3 cm³/mol. The minimum atomic E-state index is -1.10. The van der Waals surface area contributed by atoms with E-state index in [4.69, 9.17) is 5.11 Å². The van der Waals surface area contributed by atoms with Crippen LogP contribution in [0.2, 0.25) is 0 Å². The maximum absolute atomic E-state index is 13.3. The van der Waals surface area contributed by atoms with Crippen LogP contribution in [-0.2, 0) is 16.8 Å². The molecule has 0 unspecified atom stereocenters. The first kappa shape index (κ1) is 16.1. The second kappa shape index (κ2) is 6.23. The van der Waals surface area contributed by atoms with Crippen molar-refractivity contribution in [1.29, 1.82) is 0 Å². The molecule has 1 aromatic heterocycles. The summed E-state index contributed by atoms with van der Waals surface area (Å²) in [5.41, 5.74) is -0.386. The van der Waals surface area contributed by atoms with Crippen LogP contribution in [-0.4, -0.2) is 22.0 Å². The number of halogens is 1. The third-order valence-corrected chi connectivity index (χ3v) is 4.13. The van der Waals surface area contributed by atoms with Crippen LogP contribution in [0.4, 0.5) is 4.39 Å². The van der Waals surface area contributed by atoms with Gasteiger partial charge in [-0.3, -0.25) is 4.79 Å². The molecule has 0 aliphatic rings. The van der Waals surface area contributed by atoms with Crippen molar-refractivity contribution in [1.82, 2.24) is 10.3 Å². The van der Waals surface area contributed by atoms with Gasteiger partial charge in [-0.2, -0.15) is 0 Å². The number of hydrogen-bond donors (Lipinski definition) is 2. The molecule has 0 aliphatic carbocycles. The third-order valence-electron chi connectivity index (χ3n) is 3.28. The summed E-state index contributed by atoms with van der Waals surface area (Å²) in [5, 5.41) is 13.4. The molecule has 7 heteroatoms. The smallest absolute Gasteiger partial charge is 0.355 e. The van der Waals surface area contributed by atoms with Gasteiger partial charge in [0.15, 0.2) is 5.69 Å². The Morgan fingerprint density at radius 1 is 1.41 bits per heavy atom. The van der Waals surface area contributed by atoms with Gasteiger partial charge in [-0.05, 0) is 31.5 Å². The second-order valence-corrected chi connectivity index (χ2v) is 6.19. The normalized spacial score (nSPS) is 11.2. The van der Waals surface area contributed by atoms with Crippen molar-refractivity contribution in [3.8, 4) is 0 Å². The monoisotopic (exact) mass is 322 g/mol. The summed E-state index contributed by atoms with van der Waals surface area (Å²) in [4.78, 5) is 27.0. The number of aromatic nitrogens is 1. The summed E-state index contributed by atoms with van der Waals surface area (Å²) in [6, 6.07) is 5.89. The van der Waals surface area contributed by atoms with Crippen LogP contribution in [0.5, 0.6) is 0 Å². The van der Waals surface area contributed by atoms with Gasteiger partial charge in [0.1, 0.15) is 10.8 Å². The number of carbonyl (C=O) groups excluding carboxylic acids is 1. The Labute approximate surface area is 130 Å². The Morgan fingerprint density at radius 2 is 2.14 bits per heavy atom. The van der Waals surface area contributed by atoms with Gasteiger partial charge in [0, 0.05) is 5.38 Å². The first-order valence-corrected chi connectivity index (χ1v) is 7.40. The van der Waals surface area contributed by atoms with Crippen molar-refractivity contribution in [2.45, 2.75) is 25.8 Å². The summed E-state index contributed by atoms with van der Waals surface area (Å²) in [7, 11) is 0. The lowest BCUT2D eigenvalue weighted by Crippen LogP contribution is -2.39. The number of carboxylic acids is 1. The van der Waals surface area contributed by atoms with E-state index in [0.29, 0.717) is 10.6 Å². The molecule has 0 saturated heterocycles. The number of carbonyl (C=O) groups is 2. The Hall–Kier alpha value is -2.28. The molecular weight excluding hydrogens is 307 g/mol. The van der Waals surface area contributed by atoms with Crippen molar-refractivity contribution in [3.05, 3.63) is 51.7 Å². The highest BCUT2D eigenvalue weighted by molar-refractivity contribution is 7.09. The lowest BCUT2D eigenvalue weighted by atomic mass is 9.83. The van der Waals surface area contributed by atoms with Crippen LogP contribution in [0.25, 0.3) is 0 Å². The molecule has 5 nitrogen and oxygen atoms in total. The van der Waals surface area contributed by atoms with Crippen molar-refractivity contribution in [2.24, 2.45) is 0 Å². The number of aromatic carboxylic acids is 1. The first-order chi connectivity index (χ1) is 10.3. The summed E-state index contributed by atoms with van der Waals surface area (Å²) in [6.07, 6.45) is 0. The molecule has 0 spiro atoms. The summed E-state index contributed by atoms with van der Waals surface area (Å²) in [6.45, 7) is 3.53. The molecule has 1 aromatic carbocycles. The van der Waals surface area contributed by atoms with E-state index in [1.807, 2.05) is 0 Å². The molecule has 0 saturated carbocycles. The third kappa shape index (κ3) is 3.48. The minimum absolute atomic E-state index is 0.0429. The quantitative estimate of drug-likeness (QED) is 0.887. The van der Waals surface area contributed by atoms with Crippen molar-refractivity contribution in [3.63, 3.8) is 0 Å². The van der Waals surface area contributed by atoms with E-state index < -0.39 is 17.2 Å². The summed E-state index contributed by atoms with van der Waals surface area (Å²) in [5.74, 6) is -1.79. The minimum Gasteiger partial charge on any atom is -0.476 e. The molecule has 0 atom stereocenters. The van der Waals surface area contributed by atoms with Gasteiger partial charge in [0.05, 0.1) is 12.0 Å². The number of benzene rings is 1. The average Bonchev–Trinajstić information content (AvgIpc) is 2.93. The predicted octanol–water partition coefficient (Wildman–Crippen LogP) is 2.57. The Morgan fingerprint density at radius 3 is 2.73 bits per heavy atom. The van der Waals surface area contributed by atoms with Gasteiger partial charge < -0.3 is 10.4 Å². The van der Waals surface area contributed by atoms with Gasteiger partial charge in [-0.1, -0.05) is 12.1 Å². The van der Waals surface area contributed by atoms with Crippen LogP contribution in [0, 0.1) is 5.82 Å². The van der Waals surface area contributed by atoms with Crippen molar-refractivity contribution < 1.29 is 19.1 Å². The molecule has 0 radical (unpaired) electrons. The van der Waals surface area contributed by atoms with Gasteiger partial charge in [-0.15, -0.1) is 11.3 Å². The zero-order valence-corrected chi connectivity index (χ0v) is 12.9. The van der Waals surface area contributed by atoms with Crippen LogP contribution >= 0.6 is 11.3 Å². The molecule has 0 fully saturated rings. The molecular formula is C15H15FN2O3S. The van der Waals surface area contributed by atoms with Gasteiger partial charge >= 0.3 is 5.97 Å². The number of nitrogens with one attached hydrogen (secondary N) is 1. The van der Waals surface area contributed by atoms with Crippen molar-refractivity contribution >= 4 is 23.2 Å². The molecule has 0 aliphatic heterocycles. The summed E-state index contributed by atoms with van der Waals surface area (Å²) < 4.78 is 13.3. The Bertz CT molecular complexity index is 712. The highest BCUT2D eigenvalue weighted by Crippen LogP contribution is 2.24. The standard InChI is InChI=1S/C15H15FN2O3S/c1-15(2,9-4-3-5-10(16)6-9)14(21)17-7-12-18-11(8-22-12)13(19)20/h3-6,8H,7H2,1-2H3,(H,17,21)(H,19,20). The van der Waals surface area contributed by atoms with E-state index in [-0.39, 0.29) is 18.1 Å². The topological polar surface area (TPSA) is 79.3 Å². The average molecular weight is 322 g/mol. The molecule has 22 heavy (non-hydrogen) atoms. The van der Waals surface area contributed by atoms with E-state index in [9.17, 15) is 14.0 Å². The van der Waals surface area contributed by atoms with E-state index in [0.717, 1.165) is 11.3 Å². The first-order valence-electron chi connectivity index (χ1n) is 6.53. The fourth-order valence-electron chi connectivity index (χ4n) is 1.88. The van der Waals surface area contributed by atoms with Gasteiger partial charge in [0.2, 0.25) is 5.91 Å². The van der Waals surface area contributed by atoms with E-state index >= 15 is 0 Å². The molecule has 1 amide bonds. The van der Waals surface area contributed by atoms with Crippen molar-refractivity contribution in [2.75, 3.05) is 0 Å². The Kier molecular flexibility index (Phi) is 4.56. The molecule has 2 N–H and O–H groups in total. The van der Waals surface area contributed by atoms with Crippen LogP contribution < -0.4 is 5.32 Å². The number of amides is 1. The maximum Gasteiger partial charge on any atom is 0.355 e. The van der Waals surface area contributed by atoms with Crippen LogP contribution in [0.15, 0.2) is 29.6 Å². The van der Waals surface area contributed by atoms with Gasteiger partial charge in [-0.25, -0.2) is 14.2 Å². The van der Waals surface area contributed by atoms with E-state index in [1.165, 1.54) is 17.5 Å². The number of nitrogens with zero attached hydrogens (tertiary/aromatic N) is 1. The van der Waals surface area contributed by atoms with Crippen LogP contribution in [0.3, 0.4) is 0 Å². The number of hydrogen-bond acceptors (Lipinski definition) is 4. The largest absolute Gasteiger partial charge is 0.476 e. The van der Waals surface area contributed by atoms with E-state index in [2.05, 4.69) is 10.3 Å². The number of carboxylic acid groups (broad SMARTS) is 1. The van der Waals surface area contributed by atoms with E-state index in [1.54, 1.807) is 26.0 Å². The van der Waals surface area contributed by atoms with Crippen LogP contribution in [0.1, 0.15) is 34.9 Å². The lowest BCUT2D eigenvalue weighted by Gasteiger charge is -2.24. The molecule has 2 aromatic rings. The SMILES string of the molecule is CC(C)(C(=O)NCc1nc(C(=O)O)cs1)c1cccc(F)c1. The molecule has 0 bridgehead atoms. The highest BCUT2D eigenvalue weighted by Gasteiger charge is 2.30. The maximum atomic E-state index is 13.3. The molecule has 116 valence electrons. The number of thiazole rings is 1. The highest BCUT2D eigenvalue weighted by atomic mass is 32.1. The Balaban J connectivity index is 2.05. The summed E-state index contributed by atoms with van der Waals surface area (Å²) >= 11 is 1.16. The number of rotatable bonds is 5. The van der Waals surface area contributed by atoms with Gasteiger partial charge in [0.25, 0.3) is 0 Å².